The van der Waals surface area contributed by atoms with Crippen LogP contribution >= 0.6 is 15.9 Å². The molecule has 1 N–H and O–H groups in total. The molecule has 1 saturated heterocycles. The Morgan fingerprint density at radius 1 is 1.11 bits per heavy atom. The Morgan fingerprint density at radius 3 is 2.32 bits per heavy atom. The second-order valence-electron chi connectivity index (χ2n) is 7.20. The second-order valence-corrected chi connectivity index (χ2v) is 8.12. The van der Waals surface area contributed by atoms with Crippen LogP contribution in [-0.4, -0.2) is 41.5 Å². The Kier molecular flexibility index (Phi) is 7.45. The van der Waals surface area contributed by atoms with Gasteiger partial charge in [-0.15, -0.1) is 0 Å². The largest absolute Gasteiger partial charge is 0.334 e. The van der Waals surface area contributed by atoms with E-state index in [1.54, 1.807) is 12.1 Å². The first kappa shape index (κ1) is 20.8. The molecule has 0 spiro atoms. The van der Waals surface area contributed by atoms with Crippen LogP contribution in [-0.2, 0) is 13.1 Å². The number of nitrogens with one attached hydrogen (secondary N) is 1. The quantitative estimate of drug-likeness (QED) is 0.690. The van der Waals surface area contributed by atoms with Crippen molar-refractivity contribution in [2.45, 2.75) is 38.9 Å². The summed E-state index contributed by atoms with van der Waals surface area (Å²) in [5, 5.41) is 3.01. The first-order valence-electron chi connectivity index (χ1n) is 9.81. The topological polar surface area (TPSA) is 35.6 Å². The van der Waals surface area contributed by atoms with Gasteiger partial charge in [0.25, 0.3) is 0 Å². The minimum absolute atomic E-state index is 0.0674. The lowest BCUT2D eigenvalue weighted by Crippen LogP contribution is -2.50. The third-order valence-electron chi connectivity index (χ3n) is 5.33. The van der Waals surface area contributed by atoms with Crippen molar-refractivity contribution in [3.05, 3.63) is 69.9 Å². The van der Waals surface area contributed by atoms with E-state index in [4.69, 9.17) is 0 Å². The zero-order valence-corrected chi connectivity index (χ0v) is 17.8. The molecular weight excluding hydrogens is 421 g/mol. The average Bonchev–Trinajstić information content (AvgIpc) is 2.73. The summed E-state index contributed by atoms with van der Waals surface area (Å²) in [7, 11) is 0. The highest BCUT2D eigenvalue weighted by Crippen LogP contribution is 2.20. The maximum absolute atomic E-state index is 13.1. The molecule has 2 aromatic rings. The van der Waals surface area contributed by atoms with Gasteiger partial charge in [0.2, 0.25) is 0 Å². The summed E-state index contributed by atoms with van der Waals surface area (Å²) in [6.45, 7) is 6.24. The van der Waals surface area contributed by atoms with Gasteiger partial charge in [-0.2, -0.15) is 0 Å². The van der Waals surface area contributed by atoms with E-state index < -0.39 is 0 Å². The van der Waals surface area contributed by atoms with E-state index in [-0.39, 0.29) is 17.9 Å². The molecule has 6 heteroatoms. The van der Waals surface area contributed by atoms with E-state index in [1.807, 2.05) is 29.2 Å². The summed E-state index contributed by atoms with van der Waals surface area (Å²) in [5.74, 6) is -0.269. The Balaban J connectivity index is 1.68. The summed E-state index contributed by atoms with van der Waals surface area (Å²) >= 11 is 3.46. The Bertz CT molecular complexity index is 758. The van der Waals surface area contributed by atoms with E-state index in [2.05, 4.69) is 33.1 Å². The Hall–Kier alpha value is -1.92. The molecule has 28 heavy (non-hydrogen) atoms. The molecule has 1 aliphatic heterocycles. The summed E-state index contributed by atoms with van der Waals surface area (Å²) in [4.78, 5) is 17.4. The van der Waals surface area contributed by atoms with E-state index in [1.165, 1.54) is 12.1 Å². The van der Waals surface area contributed by atoms with Gasteiger partial charge in [-0.25, -0.2) is 9.18 Å². The predicted molar refractivity (Wildman–Crippen MR) is 113 cm³/mol. The summed E-state index contributed by atoms with van der Waals surface area (Å²) in [6.07, 6.45) is 1.96. The van der Waals surface area contributed by atoms with Crippen LogP contribution in [0.15, 0.2) is 53.0 Å². The summed E-state index contributed by atoms with van der Waals surface area (Å²) in [6, 6.07) is 14.5. The maximum atomic E-state index is 13.1. The number of likely N-dealkylation sites (tertiary alicyclic amines) is 1. The van der Waals surface area contributed by atoms with Crippen LogP contribution in [0, 0.1) is 5.82 Å². The number of nitrogens with zero attached hydrogens (tertiary/aromatic N) is 2. The predicted octanol–water partition coefficient (Wildman–Crippen LogP) is 4.78. The van der Waals surface area contributed by atoms with Crippen LogP contribution < -0.4 is 5.32 Å². The van der Waals surface area contributed by atoms with Crippen LogP contribution in [0.3, 0.4) is 0 Å². The fraction of sp³-hybridized carbons (Fsp3) is 0.409. The van der Waals surface area contributed by atoms with Crippen LogP contribution in [0.1, 0.15) is 30.9 Å². The van der Waals surface area contributed by atoms with Gasteiger partial charge >= 0.3 is 6.03 Å². The van der Waals surface area contributed by atoms with Crippen molar-refractivity contribution in [2.75, 3.05) is 19.6 Å². The van der Waals surface area contributed by atoms with Gasteiger partial charge in [0.05, 0.1) is 0 Å². The van der Waals surface area contributed by atoms with Crippen molar-refractivity contribution in [1.29, 1.82) is 0 Å². The lowest BCUT2D eigenvalue weighted by Gasteiger charge is -2.38. The number of hydrogen-bond acceptors (Lipinski definition) is 2. The van der Waals surface area contributed by atoms with Crippen LogP contribution in [0.25, 0.3) is 0 Å². The molecule has 150 valence electrons. The first-order chi connectivity index (χ1) is 13.5. The third-order valence-corrected chi connectivity index (χ3v) is 5.86. The molecule has 0 saturated carbocycles. The molecule has 0 unspecified atom stereocenters. The smallest absolute Gasteiger partial charge is 0.318 e. The van der Waals surface area contributed by atoms with Crippen molar-refractivity contribution in [3.63, 3.8) is 0 Å². The first-order valence-corrected chi connectivity index (χ1v) is 10.6. The van der Waals surface area contributed by atoms with Gasteiger partial charge in [0, 0.05) is 36.7 Å². The number of benzene rings is 2. The lowest BCUT2D eigenvalue weighted by atomic mass is 10.0. The summed E-state index contributed by atoms with van der Waals surface area (Å²) in [5.41, 5.74) is 2.00. The number of halogens is 2. The van der Waals surface area contributed by atoms with Gasteiger partial charge in [0.1, 0.15) is 5.82 Å². The van der Waals surface area contributed by atoms with Crippen molar-refractivity contribution >= 4 is 22.0 Å². The molecule has 0 aromatic heterocycles. The molecule has 0 aliphatic carbocycles. The normalized spacial score (nSPS) is 15.4. The minimum Gasteiger partial charge on any atom is -0.334 e. The Morgan fingerprint density at radius 2 is 1.71 bits per heavy atom. The molecule has 2 amide bonds. The standard InChI is InChI=1S/C22H27BrFN3O/c1-2-26-13-11-21(12-14-26)27(16-18-3-7-19(23)8-4-18)22(28)25-15-17-5-9-20(24)10-6-17/h3-10,21H,2,11-16H2,1H3,(H,25,28). The van der Waals surface area contributed by atoms with E-state index in [0.717, 1.165) is 48.1 Å². The highest BCUT2D eigenvalue weighted by Gasteiger charge is 2.27. The summed E-state index contributed by atoms with van der Waals surface area (Å²) < 4.78 is 14.1. The molecule has 2 aromatic carbocycles. The third kappa shape index (κ3) is 5.79. The van der Waals surface area contributed by atoms with Crippen LogP contribution in [0.5, 0.6) is 0 Å². The zero-order chi connectivity index (χ0) is 19.9. The molecule has 3 rings (SSSR count). The van der Waals surface area contributed by atoms with Crippen molar-refractivity contribution < 1.29 is 9.18 Å². The zero-order valence-electron chi connectivity index (χ0n) is 16.2. The highest BCUT2D eigenvalue weighted by atomic mass is 79.9. The lowest BCUT2D eigenvalue weighted by molar-refractivity contribution is 0.119. The van der Waals surface area contributed by atoms with E-state index in [0.29, 0.717) is 13.1 Å². The van der Waals surface area contributed by atoms with Gasteiger partial charge in [0.15, 0.2) is 0 Å². The van der Waals surface area contributed by atoms with Gasteiger partial charge < -0.3 is 15.1 Å². The molecule has 1 aliphatic rings. The fourth-order valence-electron chi connectivity index (χ4n) is 3.58. The number of piperidine rings is 1. The van der Waals surface area contributed by atoms with Gasteiger partial charge in [-0.1, -0.05) is 47.1 Å². The van der Waals surface area contributed by atoms with E-state index >= 15 is 0 Å². The monoisotopic (exact) mass is 447 g/mol. The van der Waals surface area contributed by atoms with Gasteiger partial charge in [-0.3, -0.25) is 0 Å². The number of carbonyl (C=O) groups is 1. The van der Waals surface area contributed by atoms with Crippen molar-refractivity contribution in [3.8, 4) is 0 Å². The van der Waals surface area contributed by atoms with Crippen LogP contribution in [0.2, 0.25) is 0 Å². The second kappa shape index (κ2) is 10.0. The molecule has 0 atom stereocenters. The van der Waals surface area contributed by atoms with Gasteiger partial charge in [-0.05, 0) is 54.8 Å². The van der Waals surface area contributed by atoms with E-state index in [9.17, 15) is 9.18 Å². The molecular formula is C22H27BrFN3O. The molecule has 4 nitrogen and oxygen atoms in total. The average molecular weight is 448 g/mol. The maximum Gasteiger partial charge on any atom is 0.318 e. The molecule has 0 bridgehead atoms. The van der Waals surface area contributed by atoms with Crippen molar-refractivity contribution in [2.24, 2.45) is 0 Å². The molecule has 1 fully saturated rings. The molecule has 1 heterocycles. The number of carbonyl (C=O) groups excluding carboxylic acids is 1. The molecule has 0 radical (unpaired) electrons. The highest BCUT2D eigenvalue weighted by molar-refractivity contribution is 9.10. The number of rotatable bonds is 6. The van der Waals surface area contributed by atoms with Crippen molar-refractivity contribution in [1.82, 2.24) is 15.1 Å². The number of hydrogen-bond donors (Lipinski definition) is 1. The number of amides is 2. The SMILES string of the molecule is CCN1CCC(N(Cc2ccc(Br)cc2)C(=O)NCc2ccc(F)cc2)CC1. The minimum atomic E-state index is -0.269. The fourth-order valence-corrected chi connectivity index (χ4v) is 3.85. The Labute approximate surface area is 174 Å². The van der Waals surface area contributed by atoms with Crippen LogP contribution in [0.4, 0.5) is 9.18 Å². The number of urea groups is 1.